The molecule has 1 N–H and O–H groups in total. The number of nitrogens with zero attached hydrogens (tertiary/aromatic N) is 3. The van der Waals surface area contributed by atoms with Crippen LogP contribution in [0.3, 0.4) is 0 Å². The third-order valence-corrected chi connectivity index (χ3v) is 5.55. The first-order chi connectivity index (χ1) is 15.0. The van der Waals surface area contributed by atoms with Gasteiger partial charge in [-0.1, -0.05) is 66.2 Å². The largest absolute Gasteiger partial charge is 0.378 e. The highest BCUT2D eigenvalue weighted by atomic mass is 32.1. The summed E-state index contributed by atoms with van der Waals surface area (Å²) in [6.07, 6.45) is 0. The monoisotopic (exact) mass is 428 g/mol. The molecule has 3 aromatic carbocycles. The Labute approximate surface area is 187 Å². The van der Waals surface area contributed by atoms with Crippen LogP contribution in [0.4, 0.5) is 5.69 Å². The molecule has 0 atom stereocenters. The van der Waals surface area contributed by atoms with Crippen LogP contribution in [0.5, 0.6) is 0 Å². The number of anilines is 1. The van der Waals surface area contributed by atoms with Gasteiger partial charge in [0.05, 0.1) is 12.2 Å². The lowest BCUT2D eigenvalue weighted by Gasteiger charge is -2.11. The molecule has 0 bridgehead atoms. The molecular weight excluding hydrogens is 404 g/mol. The smallest absolute Gasteiger partial charge is 0.203 e. The third kappa shape index (κ3) is 4.64. The number of ketones is 1. The van der Waals surface area contributed by atoms with Crippen LogP contribution in [0.15, 0.2) is 78.9 Å². The molecule has 31 heavy (non-hydrogen) atoms. The maximum Gasteiger partial charge on any atom is 0.203 e. The Morgan fingerprint density at radius 1 is 0.935 bits per heavy atom. The summed E-state index contributed by atoms with van der Waals surface area (Å²) in [6.45, 7) is 4.68. The Bertz CT molecular complexity index is 1260. The van der Waals surface area contributed by atoms with Crippen LogP contribution < -0.4 is 5.32 Å². The summed E-state index contributed by atoms with van der Waals surface area (Å²) in [5, 5.41) is 8.13. The molecule has 6 heteroatoms. The second-order valence-corrected chi connectivity index (χ2v) is 7.85. The molecule has 0 aliphatic rings. The standard InChI is InChI=1S/C25H24N4OS/c1-18-12-14-21(15-13-18)26-16-24-27-28(17-23(30)20-9-4-3-5-10-20)25(31)29(24)22-11-7-6-8-19(22)2/h3-15,26H,16-17H2,1-2H3. The first kappa shape index (κ1) is 20.8. The average Bonchev–Trinajstić information content (AvgIpc) is 3.09. The normalized spacial score (nSPS) is 10.8. The van der Waals surface area contributed by atoms with Crippen LogP contribution in [0.25, 0.3) is 5.69 Å². The van der Waals surface area contributed by atoms with Gasteiger partial charge in [-0.05, 0) is 49.8 Å². The SMILES string of the molecule is Cc1ccc(NCc2nn(CC(=O)c3ccccc3)c(=S)n2-c2ccccc2C)cc1. The predicted molar refractivity (Wildman–Crippen MR) is 126 cm³/mol. The molecular formula is C25H24N4OS. The van der Waals surface area contributed by atoms with Crippen molar-refractivity contribution in [3.8, 4) is 5.69 Å². The van der Waals surface area contributed by atoms with E-state index in [1.165, 1.54) is 5.56 Å². The van der Waals surface area contributed by atoms with Gasteiger partial charge < -0.3 is 5.32 Å². The number of aromatic nitrogens is 3. The number of carbonyl (C=O) groups is 1. The maximum atomic E-state index is 12.8. The van der Waals surface area contributed by atoms with E-state index < -0.39 is 0 Å². The van der Waals surface area contributed by atoms with Crippen molar-refractivity contribution in [2.24, 2.45) is 0 Å². The van der Waals surface area contributed by atoms with Crippen molar-refractivity contribution >= 4 is 23.7 Å². The van der Waals surface area contributed by atoms with Crippen LogP contribution >= 0.6 is 12.2 Å². The number of hydrogen-bond donors (Lipinski definition) is 1. The van der Waals surface area contributed by atoms with E-state index in [0.717, 1.165) is 22.8 Å². The molecule has 0 amide bonds. The zero-order valence-electron chi connectivity index (χ0n) is 17.6. The Kier molecular flexibility index (Phi) is 6.09. The fraction of sp³-hybridized carbons (Fsp3) is 0.160. The number of benzene rings is 3. The van der Waals surface area contributed by atoms with Gasteiger partial charge in [-0.15, -0.1) is 0 Å². The van der Waals surface area contributed by atoms with Crippen LogP contribution in [-0.2, 0) is 13.1 Å². The third-order valence-electron chi connectivity index (χ3n) is 5.15. The summed E-state index contributed by atoms with van der Waals surface area (Å²) in [5.41, 5.74) is 4.91. The van der Waals surface area contributed by atoms with E-state index in [2.05, 4.69) is 24.4 Å². The van der Waals surface area contributed by atoms with Gasteiger partial charge >= 0.3 is 0 Å². The van der Waals surface area contributed by atoms with E-state index in [9.17, 15) is 4.79 Å². The number of hydrogen-bond acceptors (Lipinski definition) is 4. The number of nitrogens with one attached hydrogen (secondary N) is 1. The Morgan fingerprint density at radius 3 is 2.32 bits per heavy atom. The highest BCUT2D eigenvalue weighted by molar-refractivity contribution is 7.71. The zero-order valence-corrected chi connectivity index (χ0v) is 18.4. The number of Topliss-reactive ketones (excluding diaryl/α,β-unsaturated/α-hetero) is 1. The quantitative estimate of drug-likeness (QED) is 0.311. The molecule has 1 heterocycles. The summed E-state index contributed by atoms with van der Waals surface area (Å²) in [6, 6.07) is 25.5. The first-order valence-corrected chi connectivity index (χ1v) is 10.6. The van der Waals surface area contributed by atoms with Crippen molar-refractivity contribution in [1.82, 2.24) is 14.3 Å². The van der Waals surface area contributed by atoms with E-state index in [-0.39, 0.29) is 12.3 Å². The minimum atomic E-state index is -0.0239. The van der Waals surface area contributed by atoms with E-state index >= 15 is 0 Å². The number of para-hydroxylation sites is 1. The molecule has 0 saturated heterocycles. The molecule has 0 unspecified atom stereocenters. The van der Waals surface area contributed by atoms with Gasteiger partial charge in [0.25, 0.3) is 0 Å². The van der Waals surface area contributed by atoms with Gasteiger partial charge in [0.1, 0.15) is 6.54 Å². The van der Waals surface area contributed by atoms with Gasteiger partial charge in [-0.3, -0.25) is 9.36 Å². The molecule has 0 saturated carbocycles. The molecule has 1 aromatic heterocycles. The molecule has 0 fully saturated rings. The lowest BCUT2D eigenvalue weighted by Crippen LogP contribution is -2.12. The van der Waals surface area contributed by atoms with Gasteiger partial charge in [0.15, 0.2) is 11.6 Å². The van der Waals surface area contributed by atoms with Crippen molar-refractivity contribution in [2.45, 2.75) is 26.9 Å². The predicted octanol–water partition coefficient (Wildman–Crippen LogP) is 5.52. The molecule has 4 aromatic rings. The number of rotatable bonds is 7. The zero-order chi connectivity index (χ0) is 21.8. The molecule has 0 aliphatic heterocycles. The fourth-order valence-electron chi connectivity index (χ4n) is 3.43. The summed E-state index contributed by atoms with van der Waals surface area (Å²) in [7, 11) is 0. The summed E-state index contributed by atoms with van der Waals surface area (Å²) in [4.78, 5) is 12.8. The van der Waals surface area contributed by atoms with Crippen LogP contribution in [-0.4, -0.2) is 20.1 Å². The highest BCUT2D eigenvalue weighted by Crippen LogP contribution is 2.19. The molecule has 4 rings (SSSR count). The number of carbonyl (C=O) groups excluding carboxylic acids is 1. The first-order valence-electron chi connectivity index (χ1n) is 10.2. The second-order valence-electron chi connectivity index (χ2n) is 7.49. The number of aryl methyl sites for hydroxylation is 2. The van der Waals surface area contributed by atoms with Crippen molar-refractivity contribution in [3.05, 3.63) is 106 Å². The molecule has 0 radical (unpaired) electrons. The van der Waals surface area contributed by atoms with Crippen molar-refractivity contribution in [3.63, 3.8) is 0 Å². The van der Waals surface area contributed by atoms with Crippen molar-refractivity contribution in [2.75, 3.05) is 5.32 Å². The summed E-state index contributed by atoms with van der Waals surface area (Å²) in [5.74, 6) is 0.727. The topological polar surface area (TPSA) is 51.9 Å². The Morgan fingerprint density at radius 2 is 1.61 bits per heavy atom. The summed E-state index contributed by atoms with van der Waals surface area (Å²) >= 11 is 5.75. The Balaban J connectivity index is 1.69. The second kappa shape index (κ2) is 9.10. The van der Waals surface area contributed by atoms with Gasteiger partial charge in [-0.25, -0.2) is 4.68 Å². The molecule has 5 nitrogen and oxygen atoms in total. The lowest BCUT2D eigenvalue weighted by molar-refractivity contribution is 0.0967. The maximum absolute atomic E-state index is 12.8. The van der Waals surface area contributed by atoms with E-state index in [1.54, 1.807) is 4.68 Å². The molecule has 0 aliphatic carbocycles. The summed E-state index contributed by atoms with van der Waals surface area (Å²) < 4.78 is 4.06. The molecule has 156 valence electrons. The lowest BCUT2D eigenvalue weighted by atomic mass is 10.1. The Hall–Kier alpha value is -3.51. The van der Waals surface area contributed by atoms with Crippen LogP contribution in [0, 0.1) is 18.6 Å². The highest BCUT2D eigenvalue weighted by Gasteiger charge is 2.16. The molecule has 0 spiro atoms. The van der Waals surface area contributed by atoms with E-state index in [4.69, 9.17) is 17.3 Å². The fourth-order valence-corrected chi connectivity index (χ4v) is 3.74. The van der Waals surface area contributed by atoms with E-state index in [1.807, 2.05) is 78.2 Å². The van der Waals surface area contributed by atoms with Crippen LogP contribution in [0.2, 0.25) is 0 Å². The average molecular weight is 429 g/mol. The van der Waals surface area contributed by atoms with Crippen molar-refractivity contribution < 1.29 is 4.79 Å². The van der Waals surface area contributed by atoms with Crippen LogP contribution in [0.1, 0.15) is 27.3 Å². The van der Waals surface area contributed by atoms with Gasteiger partial charge in [-0.2, -0.15) is 5.10 Å². The van der Waals surface area contributed by atoms with E-state index in [0.29, 0.717) is 16.9 Å². The van der Waals surface area contributed by atoms with Crippen molar-refractivity contribution in [1.29, 1.82) is 0 Å². The van der Waals surface area contributed by atoms with Gasteiger partial charge in [0.2, 0.25) is 4.77 Å². The minimum Gasteiger partial charge on any atom is -0.378 e. The minimum absolute atomic E-state index is 0.0239. The van der Waals surface area contributed by atoms with Gasteiger partial charge in [0, 0.05) is 11.3 Å².